The molecule has 1 fully saturated rings. The van der Waals surface area contributed by atoms with Crippen molar-refractivity contribution in [2.24, 2.45) is 5.92 Å². The number of piperidine rings is 1. The van der Waals surface area contributed by atoms with Gasteiger partial charge in [-0.05, 0) is 62.6 Å². The third kappa shape index (κ3) is 3.16. The fourth-order valence-electron chi connectivity index (χ4n) is 5.18. The molecule has 0 N–H and O–H groups in total. The Kier molecular flexibility index (Phi) is 4.24. The zero-order valence-electron chi connectivity index (χ0n) is 16.4. The van der Waals surface area contributed by atoms with Gasteiger partial charge in [0, 0.05) is 31.4 Å². The van der Waals surface area contributed by atoms with Crippen LogP contribution < -0.4 is 0 Å². The number of rotatable bonds is 3. The molecule has 0 amide bonds. The molecule has 0 unspecified atom stereocenters. The highest BCUT2D eigenvalue weighted by Gasteiger charge is 2.27. The molecule has 4 nitrogen and oxygen atoms in total. The van der Waals surface area contributed by atoms with Gasteiger partial charge in [0.25, 0.3) is 0 Å². The Hall–Kier alpha value is -2.20. The molecule has 0 atom stereocenters. The maximum Gasteiger partial charge on any atom is 0.107 e. The smallest absolute Gasteiger partial charge is 0.107 e. The van der Waals surface area contributed by atoms with E-state index in [-0.39, 0.29) is 0 Å². The van der Waals surface area contributed by atoms with Crippen molar-refractivity contribution in [3.05, 3.63) is 59.2 Å². The van der Waals surface area contributed by atoms with E-state index < -0.39 is 0 Å². The fourth-order valence-corrected chi connectivity index (χ4v) is 5.18. The second kappa shape index (κ2) is 6.75. The van der Waals surface area contributed by atoms with E-state index in [1.165, 1.54) is 50.8 Å². The number of likely N-dealkylation sites (tertiary alicyclic amines) is 1. The molecule has 3 aromatic rings. The first kappa shape index (κ1) is 16.9. The lowest BCUT2D eigenvalue weighted by Crippen LogP contribution is -2.38. The minimum absolute atomic E-state index is 0.552. The molecular formula is C23H28N4. The van der Waals surface area contributed by atoms with Gasteiger partial charge in [0.05, 0.1) is 17.2 Å². The van der Waals surface area contributed by atoms with Gasteiger partial charge in [0.15, 0.2) is 0 Å². The Morgan fingerprint density at radius 3 is 2.44 bits per heavy atom. The van der Waals surface area contributed by atoms with Crippen molar-refractivity contribution in [2.75, 3.05) is 19.6 Å². The highest BCUT2D eigenvalue weighted by molar-refractivity contribution is 5.75. The summed E-state index contributed by atoms with van der Waals surface area (Å²) >= 11 is 0. The van der Waals surface area contributed by atoms with Crippen LogP contribution in [0.25, 0.3) is 11.0 Å². The number of aromatic nitrogens is 3. The molecule has 0 bridgehead atoms. The maximum atomic E-state index is 4.78. The average molecular weight is 361 g/mol. The summed E-state index contributed by atoms with van der Waals surface area (Å²) < 4.78 is 2.44. The number of imidazole rings is 1. The summed E-state index contributed by atoms with van der Waals surface area (Å²) in [5.41, 5.74) is 6.47. The summed E-state index contributed by atoms with van der Waals surface area (Å²) in [5, 5.41) is 0. The molecule has 0 radical (unpaired) electrons. The number of fused-ring (bicyclic) bond motifs is 2. The van der Waals surface area contributed by atoms with E-state index >= 15 is 0 Å². The molecule has 1 aliphatic heterocycles. The quantitative estimate of drug-likeness (QED) is 0.705. The normalized spacial score (nSPS) is 19.0. The molecule has 1 aliphatic carbocycles. The molecule has 140 valence electrons. The van der Waals surface area contributed by atoms with Crippen molar-refractivity contribution >= 4 is 11.0 Å². The second-order valence-corrected chi connectivity index (χ2v) is 8.42. The van der Waals surface area contributed by atoms with Crippen LogP contribution in [0.15, 0.2) is 36.5 Å². The van der Waals surface area contributed by atoms with Crippen LogP contribution in [-0.2, 0) is 12.8 Å². The van der Waals surface area contributed by atoms with Gasteiger partial charge in [-0.25, -0.2) is 4.98 Å². The monoisotopic (exact) mass is 360 g/mol. The SMILES string of the molecule is Cc1cc2nc(C)n(C3CCN(CC4Cc5ccccc5C4)CC3)c2cn1. The van der Waals surface area contributed by atoms with Gasteiger partial charge in [-0.3, -0.25) is 4.98 Å². The summed E-state index contributed by atoms with van der Waals surface area (Å²) in [4.78, 5) is 12.0. The minimum atomic E-state index is 0.552. The summed E-state index contributed by atoms with van der Waals surface area (Å²) in [7, 11) is 0. The first-order valence-corrected chi connectivity index (χ1v) is 10.3. The van der Waals surface area contributed by atoms with Gasteiger partial charge < -0.3 is 9.47 Å². The lowest BCUT2D eigenvalue weighted by atomic mass is 10.0. The van der Waals surface area contributed by atoms with Crippen LogP contribution in [0.4, 0.5) is 0 Å². The van der Waals surface area contributed by atoms with Gasteiger partial charge in [-0.15, -0.1) is 0 Å². The molecular weight excluding hydrogens is 332 g/mol. The van der Waals surface area contributed by atoms with Crippen molar-refractivity contribution in [3.8, 4) is 0 Å². The van der Waals surface area contributed by atoms with E-state index in [1.807, 2.05) is 13.1 Å². The molecule has 5 rings (SSSR count). The summed E-state index contributed by atoms with van der Waals surface area (Å²) in [5.74, 6) is 1.92. The highest BCUT2D eigenvalue weighted by atomic mass is 15.2. The van der Waals surface area contributed by atoms with Crippen LogP contribution in [0.5, 0.6) is 0 Å². The van der Waals surface area contributed by atoms with Crippen LogP contribution in [0, 0.1) is 19.8 Å². The zero-order chi connectivity index (χ0) is 18.4. The van der Waals surface area contributed by atoms with Crippen molar-refractivity contribution < 1.29 is 0 Å². The Labute approximate surface area is 161 Å². The summed E-state index contributed by atoms with van der Waals surface area (Å²) in [6.07, 6.45) is 6.94. The maximum absolute atomic E-state index is 4.78. The Morgan fingerprint density at radius 1 is 1.04 bits per heavy atom. The van der Waals surface area contributed by atoms with Gasteiger partial charge in [-0.1, -0.05) is 24.3 Å². The van der Waals surface area contributed by atoms with Crippen molar-refractivity contribution in [1.82, 2.24) is 19.4 Å². The van der Waals surface area contributed by atoms with Gasteiger partial charge in [0.2, 0.25) is 0 Å². The lowest BCUT2D eigenvalue weighted by Gasteiger charge is -2.34. The van der Waals surface area contributed by atoms with E-state index in [9.17, 15) is 0 Å². The number of hydrogen-bond acceptors (Lipinski definition) is 3. The Balaban J connectivity index is 1.24. The number of pyridine rings is 1. The van der Waals surface area contributed by atoms with E-state index in [0.717, 1.165) is 23.0 Å². The average Bonchev–Trinajstić information content (AvgIpc) is 3.21. The van der Waals surface area contributed by atoms with Crippen LogP contribution >= 0.6 is 0 Å². The van der Waals surface area contributed by atoms with Crippen molar-refractivity contribution in [2.45, 2.75) is 45.6 Å². The number of nitrogens with zero attached hydrogens (tertiary/aromatic N) is 4. The van der Waals surface area contributed by atoms with Crippen LogP contribution in [0.2, 0.25) is 0 Å². The number of hydrogen-bond donors (Lipinski definition) is 0. The lowest BCUT2D eigenvalue weighted by molar-refractivity contribution is 0.165. The first-order chi connectivity index (χ1) is 13.2. The zero-order valence-corrected chi connectivity index (χ0v) is 16.4. The van der Waals surface area contributed by atoms with Crippen molar-refractivity contribution in [3.63, 3.8) is 0 Å². The molecule has 2 aromatic heterocycles. The highest BCUT2D eigenvalue weighted by Crippen LogP contribution is 2.31. The molecule has 2 aliphatic rings. The summed E-state index contributed by atoms with van der Waals surface area (Å²) in [6, 6.07) is 11.6. The van der Waals surface area contributed by atoms with Crippen molar-refractivity contribution in [1.29, 1.82) is 0 Å². The third-order valence-corrected chi connectivity index (χ3v) is 6.46. The number of aryl methyl sites for hydroxylation is 2. The largest absolute Gasteiger partial charge is 0.324 e. The topological polar surface area (TPSA) is 34.0 Å². The standard InChI is InChI=1S/C23H28N4/c1-16-11-22-23(14-24-16)27(17(2)25-22)21-7-9-26(10-8-21)15-18-12-19-5-3-4-6-20(19)13-18/h3-6,11,14,18,21H,7-10,12-13,15H2,1-2H3. The Morgan fingerprint density at radius 2 is 1.74 bits per heavy atom. The first-order valence-electron chi connectivity index (χ1n) is 10.3. The third-order valence-electron chi connectivity index (χ3n) is 6.46. The molecule has 1 saturated heterocycles. The van der Waals surface area contributed by atoms with Gasteiger partial charge >= 0.3 is 0 Å². The molecule has 0 saturated carbocycles. The second-order valence-electron chi connectivity index (χ2n) is 8.42. The molecule has 1 aromatic carbocycles. The number of benzene rings is 1. The van der Waals surface area contributed by atoms with Gasteiger partial charge in [0.1, 0.15) is 5.82 Å². The predicted octanol–water partition coefficient (Wildman–Crippen LogP) is 4.10. The van der Waals surface area contributed by atoms with E-state index in [1.54, 1.807) is 11.1 Å². The van der Waals surface area contributed by atoms with E-state index in [0.29, 0.717) is 6.04 Å². The molecule has 3 heterocycles. The predicted molar refractivity (Wildman–Crippen MR) is 109 cm³/mol. The molecule has 0 spiro atoms. The Bertz CT molecular complexity index is 941. The fraction of sp³-hybridized carbons (Fsp3) is 0.478. The summed E-state index contributed by atoms with van der Waals surface area (Å²) in [6.45, 7) is 7.79. The van der Waals surface area contributed by atoms with Crippen LogP contribution in [0.3, 0.4) is 0 Å². The minimum Gasteiger partial charge on any atom is -0.324 e. The van der Waals surface area contributed by atoms with Crippen LogP contribution in [-0.4, -0.2) is 39.1 Å². The molecule has 27 heavy (non-hydrogen) atoms. The van der Waals surface area contributed by atoms with E-state index in [4.69, 9.17) is 4.98 Å². The van der Waals surface area contributed by atoms with E-state index in [2.05, 4.69) is 51.7 Å². The van der Waals surface area contributed by atoms with Crippen LogP contribution in [0.1, 0.15) is 41.5 Å². The molecule has 4 heteroatoms. The van der Waals surface area contributed by atoms with Gasteiger partial charge in [-0.2, -0.15) is 0 Å².